The van der Waals surface area contributed by atoms with E-state index in [9.17, 15) is 19.2 Å². The van der Waals surface area contributed by atoms with Crippen molar-refractivity contribution in [1.29, 1.82) is 5.26 Å². The van der Waals surface area contributed by atoms with Crippen molar-refractivity contribution in [3.8, 4) is 6.07 Å². The molecule has 1 aromatic carbocycles. The van der Waals surface area contributed by atoms with E-state index in [1.165, 1.54) is 35.4 Å². The maximum atomic E-state index is 13.2. The third-order valence-corrected chi connectivity index (χ3v) is 5.88. The molecule has 0 bridgehead atoms. The van der Waals surface area contributed by atoms with E-state index in [1.807, 2.05) is 0 Å². The lowest BCUT2D eigenvalue weighted by Gasteiger charge is -2.35. The van der Waals surface area contributed by atoms with Crippen LogP contribution in [0.1, 0.15) is 35.7 Å². The molecule has 2 saturated heterocycles. The molecule has 0 aliphatic carbocycles. The minimum atomic E-state index is -0.683. The fourth-order valence-electron chi connectivity index (χ4n) is 4.06. The molecule has 2 atom stereocenters. The van der Waals surface area contributed by atoms with Crippen molar-refractivity contribution < 1.29 is 23.5 Å². The minimum Gasteiger partial charge on any atom is -0.446 e. The molecule has 2 aliphatic rings. The Balaban J connectivity index is 1.47. The molecule has 11 heteroatoms. The Morgan fingerprint density at radius 1 is 1.24 bits per heavy atom. The van der Waals surface area contributed by atoms with Crippen LogP contribution in [0.2, 0.25) is 0 Å². The molecule has 174 valence electrons. The van der Waals surface area contributed by atoms with Gasteiger partial charge < -0.3 is 25.4 Å². The van der Waals surface area contributed by atoms with Crippen LogP contribution in [0.3, 0.4) is 0 Å². The van der Waals surface area contributed by atoms with Gasteiger partial charge in [0.15, 0.2) is 5.82 Å². The topological polar surface area (TPSA) is 136 Å². The van der Waals surface area contributed by atoms with Crippen LogP contribution >= 0.6 is 0 Å². The number of nitrogens with one attached hydrogen (secondary N) is 1. The van der Waals surface area contributed by atoms with Crippen LogP contribution in [0.15, 0.2) is 30.5 Å². The summed E-state index contributed by atoms with van der Waals surface area (Å²) >= 11 is 0. The van der Waals surface area contributed by atoms with Crippen LogP contribution in [0, 0.1) is 23.1 Å². The number of amides is 2. The first-order valence-electron chi connectivity index (χ1n) is 10.8. The normalized spacial score (nSPS) is 21.3. The molecular weight excluding hydrogens is 431 g/mol. The molecule has 2 aromatic rings. The lowest BCUT2D eigenvalue weighted by molar-refractivity contribution is -0.0147. The van der Waals surface area contributed by atoms with Crippen molar-refractivity contribution in [3.63, 3.8) is 0 Å². The molecule has 0 unspecified atom stereocenters. The van der Waals surface area contributed by atoms with Crippen molar-refractivity contribution in [2.75, 3.05) is 31.6 Å². The minimum absolute atomic E-state index is 0.150. The number of hydrogen-bond acceptors (Lipinski definition) is 7. The Morgan fingerprint density at radius 2 is 1.97 bits per heavy atom. The molecule has 2 fully saturated rings. The average molecular weight is 456 g/mol. The second-order valence-corrected chi connectivity index (χ2v) is 8.10. The van der Waals surface area contributed by atoms with E-state index in [0.29, 0.717) is 44.7 Å². The molecule has 4 rings (SSSR count). The Kier molecular flexibility index (Phi) is 6.74. The van der Waals surface area contributed by atoms with Crippen LogP contribution in [-0.4, -0.2) is 59.1 Å². The number of aromatic nitrogens is 2. The highest BCUT2D eigenvalue weighted by Gasteiger charge is 2.35. The van der Waals surface area contributed by atoms with Gasteiger partial charge in [-0.25, -0.2) is 9.18 Å². The van der Waals surface area contributed by atoms with Gasteiger partial charge in [-0.05, 0) is 30.7 Å². The Bertz CT molecular complexity index is 1040. The second-order valence-electron chi connectivity index (χ2n) is 8.10. The summed E-state index contributed by atoms with van der Waals surface area (Å²) in [6.07, 6.45) is 2.68. The summed E-state index contributed by atoms with van der Waals surface area (Å²) in [7, 11) is 0. The number of benzene rings is 1. The number of primary amides is 1. The standard InChI is InChI=1S/C22H25FN6O4/c23-15-1-3-16(4-2-15)26-21-18(20(25)30)13-29(27-21)19-5-8-28(12-14(19)11-24)22(31)33-17-6-9-32-10-7-17/h1-4,13-14,17,19H,5-10,12H2,(H2,25,30)(H,26,27)/t14-,19+/m0/s1. The number of anilines is 2. The zero-order valence-corrected chi connectivity index (χ0v) is 17.9. The van der Waals surface area contributed by atoms with Crippen molar-refractivity contribution in [1.82, 2.24) is 14.7 Å². The van der Waals surface area contributed by atoms with Gasteiger partial charge in [-0.1, -0.05) is 0 Å². The highest BCUT2D eigenvalue weighted by Crippen LogP contribution is 2.31. The number of nitrogens with two attached hydrogens (primary N) is 1. The third kappa shape index (κ3) is 5.23. The smallest absolute Gasteiger partial charge is 0.410 e. The number of halogens is 1. The molecule has 2 aliphatic heterocycles. The van der Waals surface area contributed by atoms with E-state index in [1.54, 1.807) is 4.68 Å². The van der Waals surface area contributed by atoms with Crippen LogP contribution in [0.4, 0.5) is 20.7 Å². The number of ether oxygens (including phenoxy) is 2. The third-order valence-electron chi connectivity index (χ3n) is 5.88. The molecule has 10 nitrogen and oxygen atoms in total. The summed E-state index contributed by atoms with van der Waals surface area (Å²) in [5.74, 6) is -1.41. The van der Waals surface area contributed by atoms with Crippen LogP contribution in [-0.2, 0) is 9.47 Å². The van der Waals surface area contributed by atoms with Crippen LogP contribution in [0.5, 0.6) is 0 Å². The molecule has 33 heavy (non-hydrogen) atoms. The number of rotatable bonds is 5. The summed E-state index contributed by atoms with van der Waals surface area (Å²) in [6.45, 7) is 1.71. The molecule has 3 N–H and O–H groups in total. The number of hydrogen-bond donors (Lipinski definition) is 2. The largest absolute Gasteiger partial charge is 0.446 e. The maximum absolute atomic E-state index is 13.2. The van der Waals surface area contributed by atoms with Crippen LogP contribution < -0.4 is 11.1 Å². The highest BCUT2D eigenvalue weighted by atomic mass is 19.1. The fraction of sp³-hybridized carbons (Fsp3) is 0.455. The van der Waals surface area contributed by atoms with Crippen molar-refractivity contribution in [2.24, 2.45) is 11.7 Å². The molecule has 0 spiro atoms. The summed E-state index contributed by atoms with van der Waals surface area (Å²) in [5, 5.41) is 17.2. The number of carbonyl (C=O) groups is 2. The molecule has 3 heterocycles. The quantitative estimate of drug-likeness (QED) is 0.706. The number of piperidine rings is 1. The lowest BCUT2D eigenvalue weighted by atomic mass is 9.94. The summed E-state index contributed by atoms with van der Waals surface area (Å²) in [6, 6.07) is 7.48. The molecule has 0 saturated carbocycles. The van der Waals surface area contributed by atoms with Gasteiger partial charge in [0.05, 0.1) is 31.2 Å². The first-order valence-corrected chi connectivity index (χ1v) is 10.8. The molecule has 1 aromatic heterocycles. The summed E-state index contributed by atoms with van der Waals surface area (Å²) < 4.78 is 25.6. The maximum Gasteiger partial charge on any atom is 0.410 e. The number of nitriles is 1. The predicted octanol–water partition coefficient (Wildman–Crippen LogP) is 2.57. The Hall–Kier alpha value is -3.65. The van der Waals surface area contributed by atoms with E-state index in [2.05, 4.69) is 16.5 Å². The first-order chi connectivity index (χ1) is 15.9. The van der Waals surface area contributed by atoms with Gasteiger partial charge in [-0.3, -0.25) is 9.48 Å². The van der Waals surface area contributed by atoms with Gasteiger partial charge in [0, 0.05) is 37.8 Å². The first kappa shape index (κ1) is 22.5. The number of likely N-dealkylation sites (tertiary alicyclic amines) is 1. The van der Waals surface area contributed by atoms with Crippen molar-refractivity contribution in [3.05, 3.63) is 41.8 Å². The zero-order valence-electron chi connectivity index (χ0n) is 17.9. The van der Waals surface area contributed by atoms with Gasteiger partial charge in [0.25, 0.3) is 5.91 Å². The fourth-order valence-corrected chi connectivity index (χ4v) is 4.06. The Labute approximate surface area is 190 Å². The van der Waals surface area contributed by atoms with E-state index >= 15 is 0 Å². The van der Waals surface area contributed by atoms with E-state index in [4.69, 9.17) is 15.2 Å². The molecular formula is C22H25FN6O4. The Morgan fingerprint density at radius 3 is 2.64 bits per heavy atom. The monoisotopic (exact) mass is 456 g/mol. The number of carbonyl (C=O) groups excluding carboxylic acids is 2. The van der Waals surface area contributed by atoms with Crippen molar-refractivity contribution >= 4 is 23.5 Å². The van der Waals surface area contributed by atoms with Gasteiger partial charge in [0.1, 0.15) is 17.5 Å². The number of nitrogens with zero attached hydrogens (tertiary/aromatic N) is 4. The zero-order chi connectivity index (χ0) is 23.4. The summed E-state index contributed by atoms with van der Waals surface area (Å²) in [5.41, 5.74) is 6.20. The predicted molar refractivity (Wildman–Crippen MR) is 115 cm³/mol. The van der Waals surface area contributed by atoms with Gasteiger partial charge in [-0.2, -0.15) is 10.4 Å². The van der Waals surface area contributed by atoms with Gasteiger partial charge >= 0.3 is 6.09 Å². The lowest BCUT2D eigenvalue weighted by Crippen LogP contribution is -2.45. The van der Waals surface area contributed by atoms with E-state index in [0.717, 1.165) is 0 Å². The van der Waals surface area contributed by atoms with Gasteiger partial charge in [-0.15, -0.1) is 0 Å². The van der Waals surface area contributed by atoms with E-state index < -0.39 is 17.9 Å². The van der Waals surface area contributed by atoms with Crippen molar-refractivity contribution in [2.45, 2.75) is 31.4 Å². The molecule has 2 amide bonds. The highest BCUT2D eigenvalue weighted by molar-refractivity contribution is 5.98. The second kappa shape index (κ2) is 9.87. The summed E-state index contributed by atoms with van der Waals surface area (Å²) in [4.78, 5) is 26.1. The molecule has 0 radical (unpaired) electrons. The van der Waals surface area contributed by atoms with E-state index in [-0.39, 0.29) is 35.9 Å². The SMILES string of the molecule is N#C[C@H]1CN(C(=O)OC2CCOCC2)CC[C@H]1n1cc(C(N)=O)c(Nc2ccc(F)cc2)n1. The average Bonchev–Trinajstić information content (AvgIpc) is 3.24. The van der Waals surface area contributed by atoms with Gasteiger partial charge in [0.2, 0.25) is 0 Å². The van der Waals surface area contributed by atoms with Crippen LogP contribution in [0.25, 0.3) is 0 Å².